The lowest BCUT2D eigenvalue weighted by Gasteiger charge is -2.26. The lowest BCUT2D eigenvalue weighted by atomic mass is 9.99. The Morgan fingerprint density at radius 1 is 1.22 bits per heavy atom. The molecule has 0 unspecified atom stereocenters. The SMILES string of the molecule is CC(C)(O)c1cccc(-c2c(C(=O)N[C@H]3COc4ccc(C(F)(F)F)cc4C3)nn3c2COCC3)n1. The highest BCUT2D eigenvalue weighted by Crippen LogP contribution is 2.35. The van der Waals surface area contributed by atoms with Crippen LogP contribution in [0, 0.1) is 0 Å². The van der Waals surface area contributed by atoms with Gasteiger partial charge in [0.1, 0.15) is 18.0 Å². The molecule has 1 atom stereocenters. The molecule has 4 heterocycles. The maximum atomic E-state index is 13.4. The van der Waals surface area contributed by atoms with Crippen molar-refractivity contribution in [3.8, 4) is 17.0 Å². The molecular formula is C25H25F3N4O4. The summed E-state index contributed by atoms with van der Waals surface area (Å²) in [5.41, 5.74) is 0.627. The van der Waals surface area contributed by atoms with Gasteiger partial charge in [-0.3, -0.25) is 9.48 Å². The number of hydrogen-bond donors (Lipinski definition) is 2. The van der Waals surface area contributed by atoms with Gasteiger partial charge in [0.2, 0.25) is 0 Å². The Balaban J connectivity index is 1.45. The number of alkyl halides is 3. The molecule has 0 bridgehead atoms. The number of aromatic nitrogens is 3. The molecule has 2 aromatic heterocycles. The minimum Gasteiger partial charge on any atom is -0.491 e. The average molecular weight is 502 g/mol. The second kappa shape index (κ2) is 8.90. The highest BCUT2D eigenvalue weighted by Gasteiger charge is 2.34. The number of nitrogens with one attached hydrogen (secondary N) is 1. The van der Waals surface area contributed by atoms with Gasteiger partial charge in [0.25, 0.3) is 5.91 Å². The molecule has 0 radical (unpaired) electrons. The lowest BCUT2D eigenvalue weighted by Crippen LogP contribution is -2.43. The maximum absolute atomic E-state index is 13.4. The van der Waals surface area contributed by atoms with E-state index in [4.69, 9.17) is 9.47 Å². The predicted molar refractivity (Wildman–Crippen MR) is 122 cm³/mol. The molecule has 2 aliphatic rings. The van der Waals surface area contributed by atoms with Gasteiger partial charge in [-0.25, -0.2) is 4.98 Å². The number of carbonyl (C=O) groups excluding carboxylic acids is 1. The van der Waals surface area contributed by atoms with E-state index in [2.05, 4.69) is 15.4 Å². The molecule has 0 fully saturated rings. The fraction of sp³-hybridized carbons (Fsp3) is 0.400. The summed E-state index contributed by atoms with van der Waals surface area (Å²) in [5.74, 6) is -0.122. The Bertz CT molecular complexity index is 1310. The van der Waals surface area contributed by atoms with Crippen LogP contribution in [-0.2, 0) is 36.1 Å². The van der Waals surface area contributed by atoms with Crippen molar-refractivity contribution in [2.24, 2.45) is 0 Å². The zero-order valence-electron chi connectivity index (χ0n) is 19.7. The van der Waals surface area contributed by atoms with E-state index < -0.39 is 29.3 Å². The van der Waals surface area contributed by atoms with Crippen molar-refractivity contribution in [2.75, 3.05) is 13.2 Å². The Labute approximate surface area is 205 Å². The zero-order valence-corrected chi connectivity index (χ0v) is 19.7. The highest BCUT2D eigenvalue weighted by atomic mass is 19.4. The van der Waals surface area contributed by atoms with Crippen LogP contribution in [0.3, 0.4) is 0 Å². The topological polar surface area (TPSA) is 98.5 Å². The summed E-state index contributed by atoms with van der Waals surface area (Å²) >= 11 is 0. The van der Waals surface area contributed by atoms with Crippen molar-refractivity contribution in [2.45, 2.75) is 51.2 Å². The first-order chi connectivity index (χ1) is 17.0. The van der Waals surface area contributed by atoms with Crippen LogP contribution < -0.4 is 10.1 Å². The predicted octanol–water partition coefficient (Wildman–Crippen LogP) is 3.46. The highest BCUT2D eigenvalue weighted by molar-refractivity contribution is 5.99. The summed E-state index contributed by atoms with van der Waals surface area (Å²) in [6.45, 7) is 4.50. The summed E-state index contributed by atoms with van der Waals surface area (Å²) in [4.78, 5) is 18.0. The largest absolute Gasteiger partial charge is 0.491 e. The first-order valence-electron chi connectivity index (χ1n) is 11.5. The van der Waals surface area contributed by atoms with Gasteiger partial charge in [0, 0.05) is 0 Å². The number of benzene rings is 1. The van der Waals surface area contributed by atoms with E-state index in [0.717, 1.165) is 12.1 Å². The second-order valence-corrected chi connectivity index (χ2v) is 9.42. The molecule has 11 heteroatoms. The van der Waals surface area contributed by atoms with Crippen LogP contribution in [0.25, 0.3) is 11.3 Å². The third-order valence-corrected chi connectivity index (χ3v) is 6.22. The molecule has 1 aromatic carbocycles. The number of halogens is 3. The van der Waals surface area contributed by atoms with Crippen molar-refractivity contribution in [3.63, 3.8) is 0 Å². The average Bonchev–Trinajstić information content (AvgIpc) is 3.22. The Kier molecular flexibility index (Phi) is 6.00. The number of nitrogens with zero attached hydrogens (tertiary/aromatic N) is 3. The van der Waals surface area contributed by atoms with E-state index in [0.29, 0.717) is 47.1 Å². The number of carbonyl (C=O) groups is 1. The number of amides is 1. The summed E-state index contributed by atoms with van der Waals surface area (Å²) < 4.78 is 52.4. The number of ether oxygens (including phenoxy) is 2. The smallest absolute Gasteiger partial charge is 0.416 e. The molecule has 0 spiro atoms. The van der Waals surface area contributed by atoms with Crippen LogP contribution in [0.15, 0.2) is 36.4 Å². The van der Waals surface area contributed by atoms with Gasteiger partial charge in [-0.1, -0.05) is 6.07 Å². The van der Waals surface area contributed by atoms with E-state index in [-0.39, 0.29) is 25.3 Å². The van der Waals surface area contributed by atoms with Gasteiger partial charge in [-0.2, -0.15) is 18.3 Å². The van der Waals surface area contributed by atoms with Gasteiger partial charge in [-0.15, -0.1) is 0 Å². The van der Waals surface area contributed by atoms with E-state index in [9.17, 15) is 23.1 Å². The van der Waals surface area contributed by atoms with Crippen LogP contribution >= 0.6 is 0 Å². The molecule has 3 aromatic rings. The van der Waals surface area contributed by atoms with E-state index in [1.165, 1.54) is 6.07 Å². The standard InChI is InChI=1S/C25H25F3N4O4/c1-24(2,34)20-5-3-4-17(30-20)21-18-13-35-9-8-32(18)31-22(21)23(33)29-16-11-14-10-15(25(26,27)28)6-7-19(14)36-12-16/h3-7,10,16,34H,8-9,11-13H2,1-2H3,(H,29,33)/t16-/m1/s1. The molecule has 0 aliphatic carbocycles. The fourth-order valence-corrected chi connectivity index (χ4v) is 4.41. The Hall–Kier alpha value is -3.44. The molecule has 8 nitrogen and oxygen atoms in total. The molecule has 2 N–H and O–H groups in total. The van der Waals surface area contributed by atoms with Crippen LogP contribution in [0.2, 0.25) is 0 Å². The molecule has 2 aliphatic heterocycles. The van der Waals surface area contributed by atoms with Crippen molar-refractivity contribution in [1.82, 2.24) is 20.1 Å². The van der Waals surface area contributed by atoms with E-state index >= 15 is 0 Å². The van der Waals surface area contributed by atoms with Crippen LogP contribution in [0.5, 0.6) is 5.75 Å². The number of aliphatic hydroxyl groups is 1. The normalized spacial score (nSPS) is 17.7. The summed E-state index contributed by atoms with van der Waals surface area (Å²) in [6, 6.07) is 7.97. The number of hydrogen-bond acceptors (Lipinski definition) is 6. The summed E-state index contributed by atoms with van der Waals surface area (Å²) in [7, 11) is 0. The molecule has 0 saturated heterocycles. The molecule has 190 valence electrons. The summed E-state index contributed by atoms with van der Waals surface area (Å²) in [6.07, 6.45) is -4.29. The Morgan fingerprint density at radius 2 is 2.03 bits per heavy atom. The van der Waals surface area contributed by atoms with Crippen LogP contribution in [0.4, 0.5) is 13.2 Å². The molecule has 0 saturated carbocycles. The van der Waals surface area contributed by atoms with Crippen LogP contribution in [0.1, 0.15) is 46.9 Å². The van der Waals surface area contributed by atoms with Gasteiger partial charge in [0.15, 0.2) is 5.69 Å². The lowest BCUT2D eigenvalue weighted by molar-refractivity contribution is -0.137. The van der Waals surface area contributed by atoms with Crippen molar-refractivity contribution < 1.29 is 32.5 Å². The number of rotatable bonds is 4. The minimum absolute atomic E-state index is 0.114. The molecule has 1 amide bonds. The molecule has 36 heavy (non-hydrogen) atoms. The van der Waals surface area contributed by atoms with Crippen molar-refractivity contribution in [1.29, 1.82) is 0 Å². The molecular weight excluding hydrogens is 477 g/mol. The van der Waals surface area contributed by atoms with Gasteiger partial charge >= 0.3 is 6.18 Å². The van der Waals surface area contributed by atoms with E-state index in [1.807, 2.05) is 0 Å². The third-order valence-electron chi connectivity index (χ3n) is 6.22. The van der Waals surface area contributed by atoms with Crippen molar-refractivity contribution in [3.05, 3.63) is 64.6 Å². The number of fused-ring (bicyclic) bond motifs is 2. The quantitative estimate of drug-likeness (QED) is 0.567. The molecule has 5 rings (SSSR count). The third kappa shape index (κ3) is 4.68. The fourth-order valence-electron chi connectivity index (χ4n) is 4.41. The summed E-state index contributed by atoms with van der Waals surface area (Å²) in [5, 5.41) is 17.8. The van der Waals surface area contributed by atoms with Gasteiger partial charge < -0.3 is 19.9 Å². The first-order valence-corrected chi connectivity index (χ1v) is 11.5. The first kappa shape index (κ1) is 24.3. The van der Waals surface area contributed by atoms with Gasteiger partial charge in [-0.05, 0) is 56.2 Å². The van der Waals surface area contributed by atoms with E-state index in [1.54, 1.807) is 36.7 Å². The van der Waals surface area contributed by atoms with Crippen LogP contribution in [-0.4, -0.2) is 45.0 Å². The minimum atomic E-state index is -4.47. The zero-order chi connectivity index (χ0) is 25.7. The van der Waals surface area contributed by atoms with Crippen molar-refractivity contribution >= 4 is 5.91 Å². The monoisotopic (exact) mass is 502 g/mol. The van der Waals surface area contributed by atoms with Gasteiger partial charge in [0.05, 0.1) is 54.0 Å². The Morgan fingerprint density at radius 3 is 2.78 bits per heavy atom. The maximum Gasteiger partial charge on any atom is 0.416 e. The second-order valence-electron chi connectivity index (χ2n) is 9.42. The number of pyridine rings is 1.